The van der Waals surface area contributed by atoms with Gasteiger partial charge in [0.05, 0.1) is 0 Å². The van der Waals surface area contributed by atoms with Gasteiger partial charge in [-0.3, -0.25) is 0 Å². The summed E-state index contributed by atoms with van der Waals surface area (Å²) >= 11 is 5.79. The fourth-order valence-corrected chi connectivity index (χ4v) is 2.77. The zero-order valence-corrected chi connectivity index (χ0v) is 14.4. The maximum absolute atomic E-state index is 5.86. The van der Waals surface area contributed by atoms with Gasteiger partial charge in [-0.2, -0.15) is 0 Å². The number of benzene rings is 3. The van der Waals surface area contributed by atoms with Crippen LogP contribution in [0.4, 0.5) is 0 Å². The van der Waals surface area contributed by atoms with E-state index in [2.05, 4.69) is 87.1 Å². The highest BCUT2D eigenvalue weighted by Crippen LogP contribution is 2.24. The van der Waals surface area contributed by atoms with Crippen LogP contribution in [0.3, 0.4) is 0 Å². The topological polar surface area (TPSA) is 9.23 Å². The van der Waals surface area contributed by atoms with Gasteiger partial charge in [-0.25, -0.2) is 0 Å². The molecule has 0 fully saturated rings. The molecule has 0 radical (unpaired) electrons. The molecular weight excluding hydrogens is 427 g/mol. The summed E-state index contributed by atoms with van der Waals surface area (Å²) in [5.41, 5.74) is 1.18. The second-order valence-corrected chi connectivity index (χ2v) is 6.73. The summed E-state index contributed by atoms with van der Waals surface area (Å²) in [6, 6.07) is 20.8. The lowest BCUT2D eigenvalue weighted by Crippen LogP contribution is -1.95. The molecule has 3 aromatic carbocycles. The maximum atomic E-state index is 5.86. The third kappa shape index (κ3) is 3.33. The van der Waals surface area contributed by atoms with Crippen LogP contribution in [0.15, 0.2) is 65.1 Å². The third-order valence-corrected chi connectivity index (χ3v) is 4.30. The minimum atomic E-state index is 0.596. The second kappa shape index (κ2) is 6.14. The second-order valence-electron chi connectivity index (χ2n) is 4.57. The number of ether oxygens (including phenoxy) is 1. The number of fused-ring (bicyclic) bond motifs is 1. The van der Waals surface area contributed by atoms with Gasteiger partial charge in [0, 0.05) is 8.04 Å². The SMILES string of the molecule is Brc1ccc2cc(OCc3ccc(I)cc3)ccc2c1. The molecule has 0 aliphatic rings. The van der Waals surface area contributed by atoms with Crippen LogP contribution >= 0.6 is 38.5 Å². The summed E-state index contributed by atoms with van der Waals surface area (Å²) < 4.78 is 8.19. The number of halogens is 2. The van der Waals surface area contributed by atoms with Crippen molar-refractivity contribution in [1.29, 1.82) is 0 Å². The first-order chi connectivity index (χ1) is 9.70. The normalized spacial score (nSPS) is 10.7. The van der Waals surface area contributed by atoms with Gasteiger partial charge in [0.25, 0.3) is 0 Å². The van der Waals surface area contributed by atoms with Crippen LogP contribution in [0.25, 0.3) is 10.8 Å². The zero-order chi connectivity index (χ0) is 13.9. The molecule has 0 aliphatic carbocycles. The summed E-state index contributed by atoms with van der Waals surface area (Å²) in [6.45, 7) is 0.596. The van der Waals surface area contributed by atoms with E-state index < -0.39 is 0 Å². The average molecular weight is 439 g/mol. The summed E-state index contributed by atoms with van der Waals surface area (Å²) in [4.78, 5) is 0. The van der Waals surface area contributed by atoms with Crippen LogP contribution in [0, 0.1) is 3.57 Å². The highest BCUT2D eigenvalue weighted by molar-refractivity contribution is 14.1. The minimum absolute atomic E-state index is 0.596. The number of hydrogen-bond acceptors (Lipinski definition) is 1. The van der Waals surface area contributed by atoms with Crippen LogP contribution in [-0.4, -0.2) is 0 Å². The lowest BCUT2D eigenvalue weighted by Gasteiger charge is -2.08. The molecule has 0 atom stereocenters. The van der Waals surface area contributed by atoms with Crippen LogP contribution in [0.2, 0.25) is 0 Å². The molecule has 0 N–H and O–H groups in total. The smallest absolute Gasteiger partial charge is 0.120 e. The van der Waals surface area contributed by atoms with E-state index in [0.717, 1.165) is 10.2 Å². The Morgan fingerprint density at radius 2 is 1.55 bits per heavy atom. The number of rotatable bonds is 3. The first-order valence-corrected chi connectivity index (χ1v) is 8.14. The van der Waals surface area contributed by atoms with Gasteiger partial charge >= 0.3 is 0 Å². The Labute approximate surface area is 140 Å². The molecule has 0 bridgehead atoms. The zero-order valence-electron chi connectivity index (χ0n) is 10.6. The van der Waals surface area contributed by atoms with E-state index in [4.69, 9.17) is 4.74 Å². The van der Waals surface area contributed by atoms with Crippen molar-refractivity contribution in [2.45, 2.75) is 6.61 Å². The van der Waals surface area contributed by atoms with E-state index in [1.54, 1.807) is 0 Å². The van der Waals surface area contributed by atoms with Gasteiger partial charge in [-0.05, 0) is 75.3 Å². The summed E-state index contributed by atoms with van der Waals surface area (Å²) in [5.74, 6) is 0.901. The van der Waals surface area contributed by atoms with E-state index in [-0.39, 0.29) is 0 Å². The lowest BCUT2D eigenvalue weighted by atomic mass is 10.1. The van der Waals surface area contributed by atoms with Gasteiger partial charge in [-0.15, -0.1) is 0 Å². The highest BCUT2D eigenvalue weighted by Gasteiger charge is 2.00. The van der Waals surface area contributed by atoms with Crippen LogP contribution in [-0.2, 0) is 6.61 Å². The summed E-state index contributed by atoms with van der Waals surface area (Å²) in [6.07, 6.45) is 0. The van der Waals surface area contributed by atoms with Crippen molar-refractivity contribution in [2.24, 2.45) is 0 Å². The van der Waals surface area contributed by atoms with Crippen molar-refractivity contribution in [2.75, 3.05) is 0 Å². The van der Waals surface area contributed by atoms with Crippen molar-refractivity contribution >= 4 is 49.3 Å². The fraction of sp³-hybridized carbons (Fsp3) is 0.0588. The molecule has 20 heavy (non-hydrogen) atoms. The predicted octanol–water partition coefficient (Wildman–Crippen LogP) is 5.79. The maximum Gasteiger partial charge on any atom is 0.120 e. The average Bonchev–Trinajstić information content (AvgIpc) is 2.46. The monoisotopic (exact) mass is 438 g/mol. The Morgan fingerprint density at radius 1 is 0.850 bits per heavy atom. The van der Waals surface area contributed by atoms with Crippen molar-refractivity contribution < 1.29 is 4.74 Å². The Morgan fingerprint density at radius 3 is 2.35 bits per heavy atom. The molecule has 0 spiro atoms. The molecule has 0 amide bonds. The Balaban J connectivity index is 1.77. The first kappa shape index (κ1) is 13.9. The molecular formula is C17H12BrIO. The van der Waals surface area contributed by atoms with Gasteiger partial charge in [0.15, 0.2) is 0 Å². The largest absolute Gasteiger partial charge is 0.489 e. The molecule has 0 heterocycles. The van der Waals surface area contributed by atoms with Crippen LogP contribution in [0.1, 0.15) is 5.56 Å². The Hall–Kier alpha value is -1.07. The van der Waals surface area contributed by atoms with Crippen LogP contribution in [0.5, 0.6) is 5.75 Å². The molecule has 3 aromatic rings. The Kier molecular flexibility index (Phi) is 4.27. The van der Waals surface area contributed by atoms with E-state index >= 15 is 0 Å². The lowest BCUT2D eigenvalue weighted by molar-refractivity contribution is 0.306. The van der Waals surface area contributed by atoms with Crippen molar-refractivity contribution in [1.82, 2.24) is 0 Å². The summed E-state index contributed by atoms with van der Waals surface area (Å²) in [7, 11) is 0. The Bertz CT molecular complexity index is 738. The number of hydrogen-bond donors (Lipinski definition) is 0. The van der Waals surface area contributed by atoms with Crippen molar-refractivity contribution in [3.63, 3.8) is 0 Å². The standard InChI is InChI=1S/C17H12BrIO/c18-15-5-3-14-10-17(8-4-13(14)9-15)20-11-12-1-6-16(19)7-2-12/h1-10H,11H2. The first-order valence-electron chi connectivity index (χ1n) is 6.27. The van der Waals surface area contributed by atoms with Gasteiger partial charge < -0.3 is 4.74 Å². The fourth-order valence-electron chi connectivity index (χ4n) is 2.03. The molecule has 0 saturated heterocycles. The molecule has 3 rings (SSSR count). The molecule has 100 valence electrons. The molecule has 1 nitrogen and oxygen atoms in total. The van der Waals surface area contributed by atoms with Crippen molar-refractivity contribution in [3.8, 4) is 5.75 Å². The quantitative estimate of drug-likeness (QED) is 0.470. The molecule has 0 aliphatic heterocycles. The van der Waals surface area contributed by atoms with Gasteiger partial charge in [0.1, 0.15) is 12.4 Å². The van der Waals surface area contributed by atoms with Gasteiger partial charge in [0.2, 0.25) is 0 Å². The van der Waals surface area contributed by atoms with E-state index in [9.17, 15) is 0 Å². The van der Waals surface area contributed by atoms with Crippen LogP contribution < -0.4 is 4.74 Å². The van der Waals surface area contributed by atoms with Crippen molar-refractivity contribution in [3.05, 3.63) is 74.3 Å². The predicted molar refractivity (Wildman–Crippen MR) is 95.1 cm³/mol. The molecule has 0 saturated carbocycles. The highest BCUT2D eigenvalue weighted by atomic mass is 127. The van der Waals surface area contributed by atoms with Gasteiger partial charge in [-0.1, -0.05) is 40.2 Å². The van der Waals surface area contributed by atoms with E-state index in [1.165, 1.54) is 19.9 Å². The van der Waals surface area contributed by atoms with E-state index in [1.807, 2.05) is 12.1 Å². The third-order valence-electron chi connectivity index (χ3n) is 3.09. The molecule has 3 heteroatoms. The molecule has 0 aromatic heterocycles. The summed E-state index contributed by atoms with van der Waals surface area (Å²) in [5, 5.41) is 2.40. The molecule has 0 unspecified atom stereocenters. The van der Waals surface area contributed by atoms with E-state index in [0.29, 0.717) is 6.61 Å². The minimum Gasteiger partial charge on any atom is -0.489 e.